The van der Waals surface area contributed by atoms with E-state index >= 15 is 0 Å². The highest BCUT2D eigenvalue weighted by Gasteiger charge is 2.34. The van der Waals surface area contributed by atoms with Gasteiger partial charge < -0.3 is 14.5 Å². The van der Waals surface area contributed by atoms with Crippen LogP contribution in [-0.4, -0.2) is 28.7 Å². The first-order valence-corrected chi connectivity index (χ1v) is 14.6. The van der Waals surface area contributed by atoms with Crippen LogP contribution in [0.15, 0.2) is 93.9 Å². The van der Waals surface area contributed by atoms with Gasteiger partial charge in [0.05, 0.1) is 40.8 Å². The Morgan fingerprint density at radius 2 is 1.76 bits per heavy atom. The molecule has 212 valence electrons. The number of hydrogen-bond donors (Lipinski definition) is 1. The van der Waals surface area contributed by atoms with Crippen molar-refractivity contribution in [3.05, 3.63) is 120 Å². The van der Waals surface area contributed by atoms with E-state index in [-0.39, 0.29) is 11.7 Å². The van der Waals surface area contributed by atoms with Crippen LogP contribution >= 0.6 is 11.3 Å². The molecule has 0 aliphatic carbocycles. The number of aromatic nitrogens is 2. The number of nitrogens with one attached hydrogen (secondary N) is 1. The molecule has 1 N–H and O–H groups in total. The van der Waals surface area contributed by atoms with Crippen molar-refractivity contribution in [3.63, 3.8) is 0 Å². The van der Waals surface area contributed by atoms with Crippen molar-refractivity contribution in [2.45, 2.75) is 39.8 Å². The Morgan fingerprint density at radius 3 is 2.45 bits per heavy atom. The van der Waals surface area contributed by atoms with Gasteiger partial charge in [-0.15, -0.1) is 0 Å². The molecule has 7 nitrogen and oxygen atoms in total. The second-order valence-electron chi connectivity index (χ2n) is 10.6. The molecular weight excluding hydrogens is 546 g/mol. The van der Waals surface area contributed by atoms with E-state index in [4.69, 9.17) is 14.5 Å². The van der Waals surface area contributed by atoms with Crippen LogP contribution in [0.4, 0.5) is 0 Å². The quantitative estimate of drug-likeness (QED) is 0.264. The number of aromatic amines is 1. The number of fused-ring (bicyclic) bond motifs is 2. The SMILES string of the molecule is COc1ccc([C@H]2C(C(=O)OC(C)C)=C(C)N=c3s/c(=C/c4c(-c5ccccc5)[nH]c5c(C)cccc45)c(=O)n32)cc1. The van der Waals surface area contributed by atoms with Gasteiger partial charge in [-0.1, -0.05) is 72.0 Å². The number of benzene rings is 3. The molecule has 0 saturated heterocycles. The van der Waals surface area contributed by atoms with Gasteiger partial charge in [0.2, 0.25) is 0 Å². The minimum absolute atomic E-state index is 0.220. The Morgan fingerprint density at radius 1 is 1.02 bits per heavy atom. The summed E-state index contributed by atoms with van der Waals surface area (Å²) in [6.45, 7) is 7.47. The molecule has 0 spiro atoms. The molecule has 1 aliphatic heterocycles. The van der Waals surface area contributed by atoms with Crippen LogP contribution in [0.5, 0.6) is 5.75 Å². The summed E-state index contributed by atoms with van der Waals surface area (Å²) in [5.74, 6) is 0.195. The van der Waals surface area contributed by atoms with Crippen LogP contribution < -0.4 is 19.6 Å². The number of ether oxygens (including phenoxy) is 2. The van der Waals surface area contributed by atoms with Crippen LogP contribution in [0.1, 0.15) is 43.5 Å². The summed E-state index contributed by atoms with van der Waals surface area (Å²) in [5, 5.41) is 1.03. The molecule has 0 fully saturated rings. The summed E-state index contributed by atoms with van der Waals surface area (Å²) < 4.78 is 13.1. The average molecular weight is 578 g/mol. The second-order valence-corrected chi connectivity index (χ2v) is 11.6. The summed E-state index contributed by atoms with van der Waals surface area (Å²) in [6, 6.07) is 23.0. The number of nitrogens with zero attached hydrogens (tertiary/aromatic N) is 2. The van der Waals surface area contributed by atoms with E-state index in [0.29, 0.717) is 26.4 Å². The van der Waals surface area contributed by atoms with Crippen molar-refractivity contribution in [1.29, 1.82) is 0 Å². The van der Waals surface area contributed by atoms with E-state index in [1.165, 1.54) is 11.3 Å². The first-order chi connectivity index (χ1) is 20.3. The fourth-order valence-electron chi connectivity index (χ4n) is 5.46. The minimum Gasteiger partial charge on any atom is -0.497 e. The predicted molar refractivity (Wildman–Crippen MR) is 166 cm³/mol. The third-order valence-corrected chi connectivity index (χ3v) is 8.42. The van der Waals surface area contributed by atoms with Gasteiger partial charge in [-0.05, 0) is 62.6 Å². The number of thiazole rings is 1. The molecule has 1 atom stereocenters. The smallest absolute Gasteiger partial charge is 0.338 e. The number of para-hydroxylation sites is 1. The van der Waals surface area contributed by atoms with E-state index in [9.17, 15) is 9.59 Å². The van der Waals surface area contributed by atoms with Crippen molar-refractivity contribution >= 4 is 34.3 Å². The van der Waals surface area contributed by atoms with E-state index < -0.39 is 12.0 Å². The van der Waals surface area contributed by atoms with Gasteiger partial charge in [0.1, 0.15) is 5.75 Å². The molecule has 0 bridgehead atoms. The molecule has 0 radical (unpaired) electrons. The molecule has 2 aromatic heterocycles. The van der Waals surface area contributed by atoms with Gasteiger partial charge in [0.15, 0.2) is 4.80 Å². The van der Waals surface area contributed by atoms with Crippen LogP contribution in [0.3, 0.4) is 0 Å². The van der Waals surface area contributed by atoms with E-state index in [1.54, 1.807) is 32.4 Å². The lowest BCUT2D eigenvalue weighted by Crippen LogP contribution is -2.40. The maximum absolute atomic E-state index is 14.3. The van der Waals surface area contributed by atoms with Crippen molar-refractivity contribution in [2.75, 3.05) is 7.11 Å². The molecule has 3 heterocycles. The van der Waals surface area contributed by atoms with Gasteiger partial charge in [0.25, 0.3) is 5.56 Å². The van der Waals surface area contributed by atoms with Crippen molar-refractivity contribution in [1.82, 2.24) is 9.55 Å². The zero-order chi connectivity index (χ0) is 29.5. The molecule has 3 aromatic carbocycles. The summed E-state index contributed by atoms with van der Waals surface area (Å²) >= 11 is 1.32. The lowest BCUT2D eigenvalue weighted by atomic mass is 9.96. The van der Waals surface area contributed by atoms with Crippen LogP contribution in [0.25, 0.3) is 28.2 Å². The van der Waals surface area contributed by atoms with Crippen molar-refractivity contribution in [2.24, 2.45) is 4.99 Å². The lowest BCUT2D eigenvalue weighted by Gasteiger charge is -2.25. The summed E-state index contributed by atoms with van der Waals surface area (Å²) in [4.78, 5) is 36.5. The number of hydrogen-bond acceptors (Lipinski definition) is 6. The molecule has 0 amide bonds. The Hall–Kier alpha value is -4.69. The van der Waals surface area contributed by atoms with Crippen molar-refractivity contribution < 1.29 is 14.3 Å². The molecule has 6 rings (SSSR count). The zero-order valence-electron chi connectivity index (χ0n) is 24.1. The van der Waals surface area contributed by atoms with Gasteiger partial charge in [-0.25, -0.2) is 9.79 Å². The van der Waals surface area contributed by atoms with E-state index in [1.807, 2.05) is 54.6 Å². The third-order valence-electron chi connectivity index (χ3n) is 7.44. The number of rotatable bonds is 6. The first-order valence-electron chi connectivity index (χ1n) is 13.8. The van der Waals surface area contributed by atoms with Gasteiger partial charge in [-0.3, -0.25) is 9.36 Å². The predicted octanol–water partition coefficient (Wildman–Crippen LogP) is 5.65. The molecule has 0 unspecified atom stereocenters. The minimum atomic E-state index is -0.695. The van der Waals surface area contributed by atoms with E-state index in [0.717, 1.165) is 38.9 Å². The third kappa shape index (κ3) is 4.77. The number of methoxy groups -OCH3 is 1. The largest absolute Gasteiger partial charge is 0.497 e. The van der Waals surface area contributed by atoms with Gasteiger partial charge in [0, 0.05) is 16.5 Å². The van der Waals surface area contributed by atoms with Crippen LogP contribution in [-0.2, 0) is 9.53 Å². The molecule has 8 heteroatoms. The lowest BCUT2D eigenvalue weighted by molar-refractivity contribution is -0.143. The fourth-order valence-corrected chi connectivity index (χ4v) is 6.49. The summed E-state index contributed by atoms with van der Waals surface area (Å²) in [5.41, 5.74) is 6.47. The number of esters is 1. The number of allylic oxidation sites excluding steroid dienone is 1. The number of carbonyl (C=O) groups is 1. The standard InChI is InChI=1S/C34H31N3O4S/c1-19(2)41-33(39)28-21(4)35-34-37(31(28)23-14-16-24(40-5)17-15-23)32(38)27(42-34)18-26-25-13-9-10-20(3)29(25)36-30(26)22-11-7-6-8-12-22/h6-19,31,36H,1-5H3/b27-18+/t31-/m0/s1. The fraction of sp³-hybridized carbons (Fsp3) is 0.206. The zero-order valence-corrected chi connectivity index (χ0v) is 24.9. The summed E-state index contributed by atoms with van der Waals surface area (Å²) in [6.07, 6.45) is 1.63. The molecule has 0 saturated carbocycles. The van der Waals surface area contributed by atoms with Crippen molar-refractivity contribution in [3.8, 4) is 17.0 Å². The summed E-state index contributed by atoms with van der Waals surface area (Å²) in [7, 11) is 1.60. The Kier molecular flexibility index (Phi) is 7.16. The van der Waals surface area contributed by atoms with E-state index in [2.05, 4.69) is 36.2 Å². The van der Waals surface area contributed by atoms with Crippen LogP contribution in [0, 0.1) is 6.92 Å². The Balaban J connectivity index is 1.60. The Labute approximate surface area is 247 Å². The van der Waals surface area contributed by atoms with Crippen LogP contribution in [0.2, 0.25) is 0 Å². The second kappa shape index (κ2) is 10.9. The first kappa shape index (κ1) is 27.5. The highest BCUT2D eigenvalue weighted by atomic mass is 32.1. The maximum Gasteiger partial charge on any atom is 0.338 e. The molecular formula is C34H31N3O4S. The normalized spacial score (nSPS) is 15.2. The molecule has 5 aromatic rings. The number of H-pyrrole nitrogens is 1. The van der Waals surface area contributed by atoms with Gasteiger partial charge >= 0.3 is 5.97 Å². The average Bonchev–Trinajstić information content (AvgIpc) is 3.50. The molecule has 1 aliphatic rings. The van der Waals surface area contributed by atoms with Gasteiger partial charge in [-0.2, -0.15) is 0 Å². The monoisotopic (exact) mass is 577 g/mol. The molecule has 42 heavy (non-hydrogen) atoms. The maximum atomic E-state index is 14.3. The topological polar surface area (TPSA) is 85.7 Å². The number of carbonyl (C=O) groups excluding carboxylic acids is 1. The number of aryl methyl sites for hydroxylation is 1. The highest BCUT2D eigenvalue weighted by molar-refractivity contribution is 7.07. The highest BCUT2D eigenvalue weighted by Crippen LogP contribution is 2.34. The Bertz CT molecular complexity index is 2030.